The summed E-state index contributed by atoms with van der Waals surface area (Å²) in [6, 6.07) is 8.02. The van der Waals surface area contributed by atoms with Crippen molar-refractivity contribution in [3.05, 3.63) is 58.7 Å². The van der Waals surface area contributed by atoms with Crippen LogP contribution in [0.1, 0.15) is 31.5 Å². The average molecular weight is 361 g/mol. The van der Waals surface area contributed by atoms with Crippen molar-refractivity contribution in [3.8, 4) is 17.0 Å². The molecule has 4 rings (SSSR count). The van der Waals surface area contributed by atoms with Gasteiger partial charge < -0.3 is 9.53 Å². The van der Waals surface area contributed by atoms with E-state index in [2.05, 4.69) is 17.8 Å². The molecule has 138 valence electrons. The third-order valence-corrected chi connectivity index (χ3v) is 6.30. The second-order valence-electron chi connectivity index (χ2n) is 7.75. The summed E-state index contributed by atoms with van der Waals surface area (Å²) >= 11 is 0. The van der Waals surface area contributed by atoms with E-state index in [0.29, 0.717) is 0 Å². The first-order chi connectivity index (χ1) is 12.9. The summed E-state index contributed by atoms with van der Waals surface area (Å²) < 4.78 is 7.32. The lowest BCUT2D eigenvalue weighted by molar-refractivity contribution is -0.121. The molecule has 27 heavy (non-hydrogen) atoms. The molecule has 0 spiro atoms. The molecule has 5 nitrogen and oxygen atoms in total. The maximum atomic E-state index is 12.5. The van der Waals surface area contributed by atoms with E-state index in [1.807, 2.05) is 42.9 Å². The molecule has 0 saturated heterocycles. The normalized spacial score (nSPS) is 26.6. The van der Waals surface area contributed by atoms with Gasteiger partial charge in [-0.25, -0.2) is 4.85 Å². The fourth-order valence-electron chi connectivity index (χ4n) is 4.95. The van der Waals surface area contributed by atoms with Crippen LogP contribution in [0.3, 0.4) is 0 Å². The van der Waals surface area contributed by atoms with Crippen LogP contribution in [0.2, 0.25) is 0 Å². The molecule has 1 aromatic carbocycles. The van der Waals surface area contributed by atoms with Crippen LogP contribution < -0.4 is 4.74 Å². The molecule has 0 N–H and O–H groups in total. The highest BCUT2D eigenvalue weighted by Crippen LogP contribution is 2.51. The number of carbonyl (C=O) groups is 1. The molecule has 0 unspecified atom stereocenters. The quantitative estimate of drug-likeness (QED) is 0.761. The summed E-state index contributed by atoms with van der Waals surface area (Å²) in [5, 5.41) is 4.88. The Morgan fingerprint density at radius 3 is 2.89 bits per heavy atom. The number of hydrogen-bond acceptors (Lipinski definition) is 3. The minimum Gasteiger partial charge on any atom is -0.497 e. The van der Waals surface area contributed by atoms with E-state index in [1.165, 1.54) is 5.56 Å². The summed E-state index contributed by atoms with van der Waals surface area (Å²) in [5.74, 6) is 0.810. The van der Waals surface area contributed by atoms with E-state index in [-0.39, 0.29) is 23.3 Å². The van der Waals surface area contributed by atoms with Gasteiger partial charge in [-0.2, -0.15) is 5.10 Å². The Bertz CT molecular complexity index is 1010. The number of ketones is 1. The van der Waals surface area contributed by atoms with Gasteiger partial charge in [0.15, 0.2) is 5.78 Å². The van der Waals surface area contributed by atoms with Crippen LogP contribution in [-0.2, 0) is 23.7 Å². The van der Waals surface area contributed by atoms with Crippen LogP contribution in [0.25, 0.3) is 16.1 Å². The Hall–Kier alpha value is -2.87. The van der Waals surface area contributed by atoms with Crippen molar-refractivity contribution < 1.29 is 9.53 Å². The van der Waals surface area contributed by atoms with Crippen LogP contribution in [-0.4, -0.2) is 22.7 Å². The number of fused-ring (bicyclic) bond motifs is 3. The molecule has 1 aromatic heterocycles. The van der Waals surface area contributed by atoms with Gasteiger partial charge in [0.1, 0.15) is 5.75 Å². The van der Waals surface area contributed by atoms with Crippen LogP contribution in [0.15, 0.2) is 36.0 Å². The van der Waals surface area contributed by atoms with Crippen LogP contribution in [0.4, 0.5) is 0 Å². The molecule has 3 atom stereocenters. The summed E-state index contributed by atoms with van der Waals surface area (Å²) in [6.07, 6.45) is 3.67. The van der Waals surface area contributed by atoms with Gasteiger partial charge in [-0.1, -0.05) is 32.1 Å². The number of Topliss-reactive ketones (excluding diaryl/α,β-unsaturated/α-hetero) is 1. The largest absolute Gasteiger partial charge is 0.497 e. The topological polar surface area (TPSA) is 48.5 Å². The van der Waals surface area contributed by atoms with E-state index in [0.717, 1.165) is 35.5 Å². The SMILES string of the molecule is [C-]#[N+]C1=C[C@]2(C)c3nn(C)c(-c4cccc(OC)c4)c3CC[C@H]2[C@H](C)C1=O. The molecule has 2 aliphatic rings. The Kier molecular flexibility index (Phi) is 3.96. The summed E-state index contributed by atoms with van der Waals surface area (Å²) in [5.41, 5.74) is 4.23. The van der Waals surface area contributed by atoms with Crippen molar-refractivity contribution >= 4 is 5.78 Å². The predicted molar refractivity (Wildman–Crippen MR) is 103 cm³/mol. The van der Waals surface area contributed by atoms with Crippen molar-refractivity contribution in [2.24, 2.45) is 18.9 Å². The van der Waals surface area contributed by atoms with Crippen LogP contribution >= 0.6 is 0 Å². The van der Waals surface area contributed by atoms with Crippen LogP contribution in [0, 0.1) is 18.4 Å². The second-order valence-corrected chi connectivity index (χ2v) is 7.75. The summed E-state index contributed by atoms with van der Waals surface area (Å²) in [7, 11) is 3.63. The van der Waals surface area contributed by atoms with Crippen LogP contribution in [0.5, 0.6) is 5.75 Å². The Balaban J connectivity index is 1.92. The zero-order valence-electron chi connectivity index (χ0n) is 16.1. The lowest BCUT2D eigenvalue weighted by atomic mass is 9.58. The molecule has 0 amide bonds. The summed E-state index contributed by atoms with van der Waals surface area (Å²) in [4.78, 5) is 16.0. The fraction of sp³-hybridized carbons (Fsp3) is 0.409. The van der Waals surface area contributed by atoms with Gasteiger partial charge >= 0.3 is 0 Å². The number of hydrogen-bond donors (Lipinski definition) is 0. The average Bonchev–Trinajstić information content (AvgIpc) is 3.02. The van der Waals surface area contributed by atoms with Gasteiger partial charge in [-0.3, -0.25) is 4.68 Å². The van der Waals surface area contributed by atoms with Crippen molar-refractivity contribution in [2.45, 2.75) is 32.1 Å². The van der Waals surface area contributed by atoms with E-state index < -0.39 is 5.41 Å². The minimum atomic E-state index is -0.393. The third kappa shape index (κ3) is 2.43. The zero-order valence-corrected chi connectivity index (χ0v) is 16.1. The molecular weight excluding hydrogens is 338 g/mol. The number of allylic oxidation sites excluding steroid dienone is 2. The van der Waals surface area contributed by atoms with Crippen molar-refractivity contribution in [2.75, 3.05) is 7.11 Å². The van der Waals surface area contributed by atoms with Gasteiger partial charge in [0.05, 0.1) is 25.1 Å². The lowest BCUT2D eigenvalue weighted by Gasteiger charge is -2.44. The highest BCUT2D eigenvalue weighted by atomic mass is 16.5. The van der Waals surface area contributed by atoms with E-state index >= 15 is 0 Å². The Morgan fingerprint density at radius 1 is 1.41 bits per heavy atom. The van der Waals surface area contributed by atoms with Crippen molar-refractivity contribution in [1.82, 2.24) is 9.78 Å². The number of aryl methyl sites for hydroxylation is 1. The number of ether oxygens (including phenoxy) is 1. The first-order valence-corrected chi connectivity index (χ1v) is 9.26. The zero-order chi connectivity index (χ0) is 19.3. The number of carbonyl (C=O) groups excluding carboxylic acids is 1. The number of methoxy groups -OCH3 is 1. The van der Waals surface area contributed by atoms with Gasteiger partial charge in [0.25, 0.3) is 0 Å². The predicted octanol–water partition coefficient (Wildman–Crippen LogP) is 3.94. The smallest absolute Gasteiger partial charge is 0.226 e. The second kappa shape index (κ2) is 6.09. The molecule has 0 bridgehead atoms. The third-order valence-electron chi connectivity index (χ3n) is 6.30. The van der Waals surface area contributed by atoms with Gasteiger partial charge in [0, 0.05) is 29.5 Å². The standard InChI is InChI=1S/C22H23N3O2/c1-13-17-10-9-16-19(14-7-6-8-15(11-14)27-5)25(4)24-21(16)22(17,2)12-18(23-3)20(13)26/h6-8,11-13,17H,9-10H2,1-2,4-5H3/t13-,17-,22-/m0/s1. The lowest BCUT2D eigenvalue weighted by Crippen LogP contribution is -2.45. The highest BCUT2D eigenvalue weighted by molar-refractivity contribution is 6.00. The highest BCUT2D eigenvalue weighted by Gasteiger charge is 2.50. The summed E-state index contributed by atoms with van der Waals surface area (Å²) in [6.45, 7) is 11.5. The molecule has 0 aliphatic heterocycles. The molecule has 1 heterocycles. The molecule has 0 saturated carbocycles. The maximum Gasteiger partial charge on any atom is 0.226 e. The number of aromatic nitrogens is 2. The monoisotopic (exact) mass is 361 g/mol. The molecule has 0 radical (unpaired) electrons. The van der Waals surface area contributed by atoms with Crippen molar-refractivity contribution in [3.63, 3.8) is 0 Å². The Morgan fingerprint density at radius 2 is 2.19 bits per heavy atom. The Labute approximate surface area is 159 Å². The van der Waals surface area contributed by atoms with Gasteiger partial charge in [0.2, 0.25) is 5.70 Å². The van der Waals surface area contributed by atoms with Gasteiger partial charge in [-0.15, -0.1) is 0 Å². The first kappa shape index (κ1) is 17.5. The maximum absolute atomic E-state index is 12.5. The number of rotatable bonds is 2. The van der Waals surface area contributed by atoms with Crippen molar-refractivity contribution in [1.29, 1.82) is 0 Å². The number of benzene rings is 1. The molecule has 2 aliphatic carbocycles. The first-order valence-electron chi connectivity index (χ1n) is 9.26. The molecular formula is C22H23N3O2. The molecule has 0 fully saturated rings. The van der Waals surface area contributed by atoms with Gasteiger partial charge in [-0.05, 0) is 30.9 Å². The fourth-order valence-corrected chi connectivity index (χ4v) is 4.95. The molecule has 5 heteroatoms. The van der Waals surface area contributed by atoms with E-state index in [9.17, 15) is 4.79 Å². The minimum absolute atomic E-state index is 0.0279. The van der Waals surface area contributed by atoms with E-state index in [4.69, 9.17) is 16.4 Å². The number of nitrogens with zero attached hydrogens (tertiary/aromatic N) is 3. The molecule has 2 aromatic rings. The van der Waals surface area contributed by atoms with E-state index in [1.54, 1.807) is 7.11 Å².